The van der Waals surface area contributed by atoms with Crippen LogP contribution in [0.1, 0.15) is 30.1 Å². The molecule has 3 rings (SSSR count). The maximum Gasteiger partial charge on any atom is 0.272 e. The number of hydrogen-bond acceptors (Lipinski definition) is 5. The van der Waals surface area contributed by atoms with Gasteiger partial charge in [-0.3, -0.25) is 14.4 Å². The Morgan fingerprint density at radius 3 is 2.69 bits per heavy atom. The van der Waals surface area contributed by atoms with Crippen molar-refractivity contribution < 1.29 is 4.79 Å². The average molecular weight is 353 g/mol. The van der Waals surface area contributed by atoms with Gasteiger partial charge in [0.1, 0.15) is 5.82 Å². The molecule has 1 amide bonds. The van der Waals surface area contributed by atoms with E-state index in [0.29, 0.717) is 41.0 Å². The number of amides is 1. The van der Waals surface area contributed by atoms with Crippen molar-refractivity contribution in [1.82, 2.24) is 25.5 Å². The first-order chi connectivity index (χ1) is 12.5. The molecule has 8 nitrogen and oxygen atoms in total. The largest absolute Gasteiger partial charge is 0.355 e. The van der Waals surface area contributed by atoms with Crippen LogP contribution < -0.4 is 16.4 Å². The van der Waals surface area contributed by atoms with Crippen molar-refractivity contribution in [3.05, 3.63) is 68.3 Å². The predicted molar refractivity (Wildman–Crippen MR) is 97.1 cm³/mol. The zero-order chi connectivity index (χ0) is 18.7. The predicted octanol–water partition coefficient (Wildman–Crippen LogP) is 0.777. The topological polar surface area (TPSA) is 121 Å². The van der Waals surface area contributed by atoms with E-state index in [2.05, 4.69) is 25.5 Å². The van der Waals surface area contributed by atoms with Gasteiger partial charge in [-0.05, 0) is 19.9 Å². The molecule has 0 aliphatic carbocycles. The number of carbonyl (C=O) groups is 1. The number of aromatic amines is 2. The van der Waals surface area contributed by atoms with Gasteiger partial charge in [-0.15, -0.1) is 0 Å². The van der Waals surface area contributed by atoms with Gasteiger partial charge in [0.25, 0.3) is 11.1 Å². The lowest BCUT2D eigenvalue weighted by Crippen LogP contribution is -2.31. The fourth-order valence-corrected chi connectivity index (χ4v) is 2.83. The van der Waals surface area contributed by atoms with Crippen LogP contribution in [-0.2, 0) is 11.2 Å². The Labute approximate surface area is 148 Å². The quantitative estimate of drug-likeness (QED) is 0.626. The van der Waals surface area contributed by atoms with Crippen LogP contribution >= 0.6 is 0 Å². The number of nitrogens with zero attached hydrogens (tertiary/aromatic N) is 2. The standard InChI is InChI=1S/C18H19N5O3/c1-10(16-13-5-3-4-6-14(13)18(26)23-22-16)17(25)19-8-7-12-9-15(24)21-11(2)20-12/h3-6,9-10H,7-8H2,1-2H3,(H,19,25)(H,23,26)(H,20,21,24)/t10-/m0/s1. The molecule has 3 aromatic rings. The number of aryl methyl sites for hydroxylation is 1. The highest BCUT2D eigenvalue weighted by atomic mass is 16.2. The van der Waals surface area contributed by atoms with Crippen LogP contribution in [0.15, 0.2) is 39.9 Å². The van der Waals surface area contributed by atoms with E-state index in [9.17, 15) is 14.4 Å². The molecule has 2 aromatic heterocycles. The Morgan fingerprint density at radius 1 is 1.23 bits per heavy atom. The van der Waals surface area contributed by atoms with Crippen molar-refractivity contribution in [2.45, 2.75) is 26.2 Å². The fraction of sp³-hybridized carbons (Fsp3) is 0.278. The third-order valence-electron chi connectivity index (χ3n) is 4.12. The first-order valence-electron chi connectivity index (χ1n) is 8.27. The molecule has 0 fully saturated rings. The summed E-state index contributed by atoms with van der Waals surface area (Å²) in [6.45, 7) is 3.79. The fourth-order valence-electron chi connectivity index (χ4n) is 2.83. The van der Waals surface area contributed by atoms with Gasteiger partial charge in [0.05, 0.1) is 17.0 Å². The second kappa shape index (κ2) is 7.30. The number of carbonyl (C=O) groups excluding carboxylic acids is 1. The zero-order valence-electron chi connectivity index (χ0n) is 14.5. The first-order valence-corrected chi connectivity index (χ1v) is 8.27. The SMILES string of the molecule is Cc1nc(CCNC(=O)[C@@H](C)c2n[nH]c(=O)c3ccccc23)cc(=O)[nH]1. The van der Waals surface area contributed by atoms with Crippen molar-refractivity contribution >= 4 is 16.7 Å². The molecule has 1 atom stereocenters. The summed E-state index contributed by atoms with van der Waals surface area (Å²) >= 11 is 0. The molecule has 0 saturated carbocycles. The number of aromatic nitrogens is 4. The summed E-state index contributed by atoms with van der Waals surface area (Å²) in [5.74, 6) is -0.210. The Morgan fingerprint density at radius 2 is 1.96 bits per heavy atom. The van der Waals surface area contributed by atoms with Gasteiger partial charge < -0.3 is 10.3 Å². The number of hydrogen-bond donors (Lipinski definition) is 3. The number of nitrogens with one attached hydrogen (secondary N) is 3. The van der Waals surface area contributed by atoms with Crippen molar-refractivity contribution in [2.24, 2.45) is 0 Å². The van der Waals surface area contributed by atoms with Gasteiger partial charge in [-0.25, -0.2) is 10.1 Å². The molecule has 134 valence electrons. The van der Waals surface area contributed by atoms with E-state index >= 15 is 0 Å². The molecule has 8 heteroatoms. The highest BCUT2D eigenvalue weighted by Gasteiger charge is 2.20. The second-order valence-electron chi connectivity index (χ2n) is 6.07. The van der Waals surface area contributed by atoms with Gasteiger partial charge in [-0.1, -0.05) is 18.2 Å². The minimum absolute atomic E-state index is 0.212. The third kappa shape index (κ3) is 3.69. The van der Waals surface area contributed by atoms with E-state index in [0.717, 1.165) is 0 Å². The normalized spacial score (nSPS) is 12.1. The lowest BCUT2D eigenvalue weighted by Gasteiger charge is -2.13. The number of H-pyrrole nitrogens is 2. The molecule has 0 unspecified atom stereocenters. The molecule has 3 N–H and O–H groups in total. The Hall–Kier alpha value is -3.29. The van der Waals surface area contributed by atoms with E-state index in [1.165, 1.54) is 6.07 Å². The summed E-state index contributed by atoms with van der Waals surface area (Å²) < 4.78 is 0. The zero-order valence-corrected chi connectivity index (χ0v) is 14.5. The molecule has 0 aliphatic heterocycles. The lowest BCUT2D eigenvalue weighted by atomic mass is 10.0. The monoisotopic (exact) mass is 353 g/mol. The first kappa shape index (κ1) is 17.5. The van der Waals surface area contributed by atoms with E-state index in [4.69, 9.17) is 0 Å². The summed E-state index contributed by atoms with van der Waals surface area (Å²) in [6, 6.07) is 8.46. The summed E-state index contributed by atoms with van der Waals surface area (Å²) in [7, 11) is 0. The van der Waals surface area contributed by atoms with Crippen molar-refractivity contribution in [3.8, 4) is 0 Å². The summed E-state index contributed by atoms with van der Waals surface area (Å²) in [5, 5.41) is 10.5. The summed E-state index contributed by atoms with van der Waals surface area (Å²) in [4.78, 5) is 42.6. The van der Waals surface area contributed by atoms with Crippen LogP contribution in [0.2, 0.25) is 0 Å². The summed E-state index contributed by atoms with van der Waals surface area (Å²) in [5.41, 5.74) is 0.637. The van der Waals surface area contributed by atoms with Crippen molar-refractivity contribution in [2.75, 3.05) is 6.54 Å². The van der Waals surface area contributed by atoms with Gasteiger partial charge >= 0.3 is 0 Å². The molecule has 0 saturated heterocycles. The Kier molecular flexibility index (Phi) is 4.92. The van der Waals surface area contributed by atoms with Crippen LogP contribution in [0, 0.1) is 6.92 Å². The molecular weight excluding hydrogens is 334 g/mol. The molecule has 2 heterocycles. The van der Waals surface area contributed by atoms with Gasteiger partial charge in [0.2, 0.25) is 5.91 Å². The molecule has 0 aliphatic rings. The Bertz CT molecular complexity index is 1070. The molecule has 0 spiro atoms. The van der Waals surface area contributed by atoms with Crippen LogP contribution in [0.5, 0.6) is 0 Å². The van der Waals surface area contributed by atoms with Gasteiger partial charge in [0, 0.05) is 30.1 Å². The highest BCUT2D eigenvalue weighted by Crippen LogP contribution is 2.20. The van der Waals surface area contributed by atoms with Crippen molar-refractivity contribution in [3.63, 3.8) is 0 Å². The van der Waals surface area contributed by atoms with E-state index in [1.807, 2.05) is 0 Å². The van der Waals surface area contributed by atoms with Gasteiger partial charge in [-0.2, -0.15) is 5.10 Å². The van der Waals surface area contributed by atoms with E-state index in [-0.39, 0.29) is 17.0 Å². The van der Waals surface area contributed by atoms with Crippen molar-refractivity contribution in [1.29, 1.82) is 0 Å². The Balaban J connectivity index is 1.71. The van der Waals surface area contributed by atoms with Crippen LogP contribution in [0.3, 0.4) is 0 Å². The van der Waals surface area contributed by atoms with E-state index < -0.39 is 5.92 Å². The molecule has 26 heavy (non-hydrogen) atoms. The lowest BCUT2D eigenvalue weighted by molar-refractivity contribution is -0.122. The minimum atomic E-state index is -0.536. The number of rotatable bonds is 5. The highest BCUT2D eigenvalue weighted by molar-refractivity contribution is 5.90. The van der Waals surface area contributed by atoms with Crippen LogP contribution in [0.25, 0.3) is 10.8 Å². The van der Waals surface area contributed by atoms with Crippen LogP contribution in [0.4, 0.5) is 0 Å². The maximum absolute atomic E-state index is 12.5. The number of benzene rings is 1. The second-order valence-corrected chi connectivity index (χ2v) is 6.07. The number of fused-ring (bicyclic) bond motifs is 1. The minimum Gasteiger partial charge on any atom is -0.355 e. The molecule has 0 bridgehead atoms. The molecule has 0 radical (unpaired) electrons. The van der Waals surface area contributed by atoms with E-state index in [1.54, 1.807) is 38.1 Å². The van der Waals surface area contributed by atoms with Gasteiger partial charge in [0.15, 0.2) is 0 Å². The van der Waals surface area contributed by atoms with Crippen LogP contribution in [-0.4, -0.2) is 32.6 Å². The summed E-state index contributed by atoms with van der Waals surface area (Å²) in [6.07, 6.45) is 0.447. The molecular formula is C18H19N5O3. The third-order valence-corrected chi connectivity index (χ3v) is 4.12. The average Bonchev–Trinajstić information content (AvgIpc) is 2.61. The maximum atomic E-state index is 12.5. The molecule has 1 aromatic carbocycles. The smallest absolute Gasteiger partial charge is 0.272 e.